The van der Waals surface area contributed by atoms with Gasteiger partial charge in [-0.1, -0.05) is 25.4 Å². The van der Waals surface area contributed by atoms with Gasteiger partial charge in [0, 0.05) is 16.8 Å². The summed E-state index contributed by atoms with van der Waals surface area (Å²) in [6.45, 7) is 5.55. The predicted molar refractivity (Wildman–Crippen MR) is 85.2 cm³/mol. The van der Waals surface area contributed by atoms with E-state index in [1.807, 2.05) is 23.5 Å². The molecule has 4 nitrogen and oxygen atoms in total. The van der Waals surface area contributed by atoms with E-state index in [0.717, 1.165) is 37.5 Å². The molecule has 0 amide bonds. The fourth-order valence-electron chi connectivity index (χ4n) is 3.20. The zero-order chi connectivity index (χ0) is 14.0. The summed E-state index contributed by atoms with van der Waals surface area (Å²) in [5.74, 6) is 4.13. The van der Waals surface area contributed by atoms with E-state index in [1.54, 1.807) is 0 Å². The van der Waals surface area contributed by atoms with Gasteiger partial charge in [0.05, 0.1) is 10.8 Å². The number of nitrogens with one attached hydrogen (secondary N) is 1. The van der Waals surface area contributed by atoms with Crippen molar-refractivity contribution in [3.05, 3.63) is 11.7 Å². The zero-order valence-corrected chi connectivity index (χ0v) is 13.9. The smallest absolute Gasteiger partial charge is 0.246 e. The molecule has 2 aliphatic rings. The summed E-state index contributed by atoms with van der Waals surface area (Å²) in [4.78, 5) is 4.78. The van der Waals surface area contributed by atoms with Crippen LogP contribution in [0.15, 0.2) is 4.52 Å². The summed E-state index contributed by atoms with van der Waals surface area (Å²) in [6, 6.07) is 0. The molecule has 0 aliphatic carbocycles. The standard InChI is InChI=1S/C14H23N3OS2/c1-3-5-14(6-4-7-15-14)13-16-12(17-18-13)11-10(2)19-8-9-20-11/h10-11,15H,3-9H2,1-2H3. The van der Waals surface area contributed by atoms with Gasteiger partial charge >= 0.3 is 0 Å². The first kappa shape index (κ1) is 14.7. The second kappa shape index (κ2) is 6.28. The fraction of sp³-hybridized carbons (Fsp3) is 0.857. The topological polar surface area (TPSA) is 51.0 Å². The summed E-state index contributed by atoms with van der Waals surface area (Å²) < 4.78 is 5.66. The second-order valence-electron chi connectivity index (χ2n) is 5.69. The minimum Gasteiger partial charge on any atom is -0.337 e. The van der Waals surface area contributed by atoms with Gasteiger partial charge in [-0.3, -0.25) is 0 Å². The monoisotopic (exact) mass is 313 g/mol. The molecule has 0 radical (unpaired) electrons. The van der Waals surface area contributed by atoms with Crippen LogP contribution >= 0.6 is 23.5 Å². The van der Waals surface area contributed by atoms with E-state index < -0.39 is 0 Å². The van der Waals surface area contributed by atoms with E-state index in [1.165, 1.54) is 17.9 Å². The van der Waals surface area contributed by atoms with Crippen molar-refractivity contribution in [2.24, 2.45) is 0 Å². The van der Waals surface area contributed by atoms with Crippen LogP contribution in [-0.2, 0) is 5.54 Å². The van der Waals surface area contributed by atoms with E-state index in [4.69, 9.17) is 9.51 Å². The van der Waals surface area contributed by atoms with Gasteiger partial charge in [0.1, 0.15) is 0 Å². The summed E-state index contributed by atoms with van der Waals surface area (Å²) in [6.07, 6.45) is 4.53. The first-order chi connectivity index (χ1) is 9.75. The first-order valence-electron chi connectivity index (χ1n) is 7.57. The van der Waals surface area contributed by atoms with Crippen molar-refractivity contribution in [1.82, 2.24) is 15.5 Å². The Bertz CT molecular complexity index is 445. The van der Waals surface area contributed by atoms with Gasteiger partial charge in [-0.25, -0.2) is 0 Å². The Balaban J connectivity index is 1.81. The Morgan fingerprint density at radius 2 is 2.25 bits per heavy atom. The third kappa shape index (κ3) is 2.74. The maximum absolute atomic E-state index is 5.66. The number of rotatable bonds is 4. The van der Waals surface area contributed by atoms with Crippen molar-refractivity contribution in [2.75, 3.05) is 18.1 Å². The molecule has 1 aromatic rings. The molecule has 0 bridgehead atoms. The molecular formula is C14H23N3OS2. The Morgan fingerprint density at radius 3 is 2.95 bits per heavy atom. The van der Waals surface area contributed by atoms with Crippen LogP contribution in [0.2, 0.25) is 0 Å². The highest BCUT2D eigenvalue weighted by Gasteiger charge is 2.40. The van der Waals surface area contributed by atoms with Crippen molar-refractivity contribution < 1.29 is 4.52 Å². The quantitative estimate of drug-likeness (QED) is 0.920. The Morgan fingerprint density at radius 1 is 1.40 bits per heavy atom. The lowest BCUT2D eigenvalue weighted by molar-refractivity contribution is 0.240. The fourth-order valence-corrected chi connectivity index (χ4v) is 5.88. The molecule has 0 spiro atoms. The van der Waals surface area contributed by atoms with Crippen LogP contribution in [0.1, 0.15) is 56.5 Å². The van der Waals surface area contributed by atoms with Gasteiger partial charge in [-0.15, -0.1) is 11.8 Å². The molecular weight excluding hydrogens is 290 g/mol. The lowest BCUT2D eigenvalue weighted by atomic mass is 9.92. The van der Waals surface area contributed by atoms with Crippen molar-refractivity contribution in [1.29, 1.82) is 0 Å². The van der Waals surface area contributed by atoms with Crippen molar-refractivity contribution >= 4 is 23.5 Å². The number of nitrogens with zero attached hydrogens (tertiary/aromatic N) is 2. The number of thioether (sulfide) groups is 2. The third-order valence-electron chi connectivity index (χ3n) is 4.21. The Labute approximate surface area is 129 Å². The average Bonchev–Trinajstić information content (AvgIpc) is 3.09. The number of hydrogen-bond donors (Lipinski definition) is 1. The Hall–Kier alpha value is -0.200. The number of hydrogen-bond acceptors (Lipinski definition) is 6. The predicted octanol–water partition coefficient (Wildman–Crippen LogP) is 3.36. The van der Waals surface area contributed by atoms with Crippen LogP contribution in [0.4, 0.5) is 0 Å². The molecule has 0 saturated carbocycles. The van der Waals surface area contributed by atoms with Gasteiger partial charge in [0.25, 0.3) is 0 Å². The van der Waals surface area contributed by atoms with Crippen LogP contribution in [0.25, 0.3) is 0 Å². The van der Waals surface area contributed by atoms with E-state index in [9.17, 15) is 0 Å². The highest BCUT2D eigenvalue weighted by Crippen LogP contribution is 2.42. The SMILES string of the molecule is CCCC1(c2nc(C3SCCSC3C)no2)CCCN1. The van der Waals surface area contributed by atoms with Gasteiger partial charge in [-0.05, 0) is 25.8 Å². The minimum atomic E-state index is -0.0598. The highest BCUT2D eigenvalue weighted by atomic mass is 32.2. The molecule has 3 heterocycles. The number of aromatic nitrogens is 2. The normalized spacial score (nSPS) is 34.5. The van der Waals surface area contributed by atoms with Crippen molar-refractivity contribution in [3.8, 4) is 0 Å². The Kier molecular flexibility index (Phi) is 4.62. The van der Waals surface area contributed by atoms with Crippen LogP contribution in [-0.4, -0.2) is 33.4 Å². The summed E-state index contributed by atoms with van der Waals surface area (Å²) in [5, 5.41) is 8.86. The molecule has 6 heteroatoms. The maximum atomic E-state index is 5.66. The third-order valence-corrected chi connectivity index (χ3v) is 7.30. The largest absolute Gasteiger partial charge is 0.337 e. The van der Waals surface area contributed by atoms with E-state index >= 15 is 0 Å². The van der Waals surface area contributed by atoms with Crippen LogP contribution < -0.4 is 5.32 Å². The molecule has 3 unspecified atom stereocenters. The van der Waals surface area contributed by atoms with Crippen LogP contribution in [0, 0.1) is 0 Å². The zero-order valence-electron chi connectivity index (χ0n) is 12.2. The van der Waals surface area contributed by atoms with Crippen molar-refractivity contribution in [2.45, 2.75) is 55.6 Å². The molecule has 3 rings (SSSR count). The van der Waals surface area contributed by atoms with Gasteiger partial charge < -0.3 is 9.84 Å². The molecule has 2 aliphatic heterocycles. The summed E-state index contributed by atoms with van der Waals surface area (Å²) in [5.41, 5.74) is -0.0598. The molecule has 112 valence electrons. The maximum Gasteiger partial charge on any atom is 0.246 e. The van der Waals surface area contributed by atoms with Gasteiger partial charge in [0.2, 0.25) is 5.89 Å². The lowest BCUT2D eigenvalue weighted by Crippen LogP contribution is -2.37. The average molecular weight is 313 g/mol. The van der Waals surface area contributed by atoms with E-state index in [0.29, 0.717) is 10.5 Å². The van der Waals surface area contributed by atoms with Crippen molar-refractivity contribution in [3.63, 3.8) is 0 Å². The first-order valence-corrected chi connectivity index (χ1v) is 9.67. The summed E-state index contributed by atoms with van der Waals surface area (Å²) >= 11 is 3.98. The van der Waals surface area contributed by atoms with Crippen LogP contribution in [0.5, 0.6) is 0 Å². The molecule has 2 saturated heterocycles. The van der Waals surface area contributed by atoms with E-state index in [-0.39, 0.29) is 5.54 Å². The van der Waals surface area contributed by atoms with Gasteiger partial charge in [-0.2, -0.15) is 16.7 Å². The summed E-state index contributed by atoms with van der Waals surface area (Å²) in [7, 11) is 0. The van der Waals surface area contributed by atoms with Crippen LogP contribution in [0.3, 0.4) is 0 Å². The molecule has 2 fully saturated rings. The molecule has 0 aromatic carbocycles. The molecule has 1 N–H and O–H groups in total. The minimum absolute atomic E-state index is 0.0598. The lowest BCUT2D eigenvalue weighted by Gasteiger charge is -2.26. The highest BCUT2D eigenvalue weighted by molar-refractivity contribution is 8.06. The molecule has 3 atom stereocenters. The van der Waals surface area contributed by atoms with E-state index in [2.05, 4.69) is 24.3 Å². The molecule has 1 aromatic heterocycles. The second-order valence-corrected chi connectivity index (χ2v) is 8.42. The molecule has 20 heavy (non-hydrogen) atoms. The van der Waals surface area contributed by atoms with Gasteiger partial charge in [0.15, 0.2) is 5.82 Å².